The van der Waals surface area contributed by atoms with E-state index in [1.807, 2.05) is 7.05 Å². The van der Waals surface area contributed by atoms with Crippen LogP contribution in [0.4, 0.5) is 0 Å². The minimum Gasteiger partial charge on any atom is -0.316 e. The largest absolute Gasteiger partial charge is 0.316 e. The van der Waals surface area contributed by atoms with Gasteiger partial charge in [0.05, 0.1) is 0 Å². The summed E-state index contributed by atoms with van der Waals surface area (Å²) in [7, 11) is 1.90. The van der Waals surface area contributed by atoms with Gasteiger partial charge in [0.1, 0.15) is 0 Å². The molecule has 0 rings (SSSR count). The van der Waals surface area contributed by atoms with Crippen LogP contribution in [-0.4, -0.2) is 19.6 Å². The lowest BCUT2D eigenvalue weighted by Crippen LogP contribution is -2.37. The highest BCUT2D eigenvalue weighted by Crippen LogP contribution is 1.69. The number of nitrogens with two attached hydrogens (primary N) is 1. The van der Waals surface area contributed by atoms with E-state index in [2.05, 4.69) is 17.7 Å². The minimum atomic E-state index is 0.463. The van der Waals surface area contributed by atoms with Gasteiger partial charge in [0.25, 0.3) is 0 Å². The molecule has 0 radical (unpaired) electrons. The molecule has 0 aromatic heterocycles. The van der Waals surface area contributed by atoms with Crippen molar-refractivity contribution in [2.24, 2.45) is 5.84 Å². The van der Waals surface area contributed by atoms with Crippen LogP contribution in [0.15, 0.2) is 0 Å². The predicted molar refractivity (Wildman–Crippen MR) is 30.7 cm³/mol. The molecule has 7 heavy (non-hydrogen) atoms. The summed E-state index contributed by atoms with van der Waals surface area (Å²) in [6.07, 6.45) is 0. The summed E-state index contributed by atoms with van der Waals surface area (Å²) in [4.78, 5) is 0. The first-order valence-corrected chi connectivity index (χ1v) is 2.42. The Kier molecular flexibility index (Phi) is 3.98. The number of hydrazine groups is 1. The van der Waals surface area contributed by atoms with Crippen LogP contribution in [0.2, 0.25) is 0 Å². The zero-order valence-corrected chi connectivity index (χ0v) is 4.86. The smallest absolute Gasteiger partial charge is 0.0249 e. The number of hydrogen-bond donors (Lipinski definition) is 3. The summed E-state index contributed by atoms with van der Waals surface area (Å²) in [6.45, 7) is 2.87. The van der Waals surface area contributed by atoms with Gasteiger partial charge < -0.3 is 5.32 Å². The van der Waals surface area contributed by atoms with E-state index in [0.717, 1.165) is 6.54 Å². The zero-order valence-electron chi connectivity index (χ0n) is 4.86. The van der Waals surface area contributed by atoms with Gasteiger partial charge in [-0.15, -0.1) is 0 Å². The molecule has 44 valence electrons. The lowest BCUT2D eigenvalue weighted by atomic mass is 10.4. The Morgan fingerprint density at radius 2 is 2.29 bits per heavy atom. The van der Waals surface area contributed by atoms with Crippen molar-refractivity contribution in [3.63, 3.8) is 0 Å². The van der Waals surface area contributed by atoms with E-state index in [0.29, 0.717) is 6.04 Å². The van der Waals surface area contributed by atoms with E-state index in [9.17, 15) is 0 Å². The Morgan fingerprint density at radius 3 is 2.43 bits per heavy atom. The summed E-state index contributed by atoms with van der Waals surface area (Å²) in [6, 6.07) is 0.463. The van der Waals surface area contributed by atoms with Crippen molar-refractivity contribution < 1.29 is 0 Å². The van der Waals surface area contributed by atoms with Crippen LogP contribution in [-0.2, 0) is 0 Å². The van der Waals surface area contributed by atoms with Crippen LogP contribution in [0.5, 0.6) is 0 Å². The van der Waals surface area contributed by atoms with E-state index in [1.54, 1.807) is 0 Å². The van der Waals surface area contributed by atoms with Crippen LogP contribution in [0.1, 0.15) is 6.92 Å². The molecule has 0 spiro atoms. The van der Waals surface area contributed by atoms with Crippen molar-refractivity contribution in [3.8, 4) is 0 Å². The molecule has 0 bridgehead atoms. The SMILES string of the molecule is CNC(C)CNN. The summed E-state index contributed by atoms with van der Waals surface area (Å²) in [5.74, 6) is 5.02. The highest BCUT2D eigenvalue weighted by molar-refractivity contribution is 4.55. The molecule has 1 unspecified atom stereocenters. The second-order valence-corrected chi connectivity index (χ2v) is 1.60. The number of likely N-dealkylation sites (N-methyl/N-ethyl adjacent to an activating group) is 1. The summed E-state index contributed by atoms with van der Waals surface area (Å²) < 4.78 is 0. The van der Waals surface area contributed by atoms with Gasteiger partial charge in [-0.3, -0.25) is 11.3 Å². The van der Waals surface area contributed by atoms with Crippen molar-refractivity contribution in [2.75, 3.05) is 13.6 Å². The quantitative estimate of drug-likeness (QED) is 0.319. The fourth-order valence-corrected chi connectivity index (χ4v) is 0.279. The third-order valence-electron chi connectivity index (χ3n) is 0.917. The van der Waals surface area contributed by atoms with Gasteiger partial charge in [-0.2, -0.15) is 0 Å². The molecule has 0 amide bonds. The van der Waals surface area contributed by atoms with Gasteiger partial charge in [-0.25, -0.2) is 0 Å². The van der Waals surface area contributed by atoms with Crippen LogP contribution < -0.4 is 16.6 Å². The molecule has 0 aromatic rings. The van der Waals surface area contributed by atoms with E-state index < -0.39 is 0 Å². The fourth-order valence-electron chi connectivity index (χ4n) is 0.279. The molecule has 0 aromatic carbocycles. The number of nitrogens with one attached hydrogen (secondary N) is 2. The molecular formula is C4H13N3. The first-order chi connectivity index (χ1) is 3.31. The van der Waals surface area contributed by atoms with Crippen LogP contribution in [0.3, 0.4) is 0 Å². The molecule has 0 heterocycles. The van der Waals surface area contributed by atoms with Gasteiger partial charge in [0.2, 0.25) is 0 Å². The maximum absolute atomic E-state index is 5.02. The molecule has 0 saturated carbocycles. The second-order valence-electron chi connectivity index (χ2n) is 1.60. The average molecular weight is 103 g/mol. The van der Waals surface area contributed by atoms with E-state index in [1.165, 1.54) is 0 Å². The van der Waals surface area contributed by atoms with Gasteiger partial charge in [-0.05, 0) is 14.0 Å². The standard InChI is InChI=1S/C4H13N3/c1-4(6-2)3-7-5/h4,6-7H,3,5H2,1-2H3. The van der Waals surface area contributed by atoms with E-state index in [4.69, 9.17) is 5.84 Å². The van der Waals surface area contributed by atoms with E-state index in [-0.39, 0.29) is 0 Å². The molecule has 0 aliphatic heterocycles. The molecule has 3 nitrogen and oxygen atoms in total. The molecule has 1 atom stereocenters. The zero-order chi connectivity index (χ0) is 5.70. The van der Waals surface area contributed by atoms with Gasteiger partial charge in [0.15, 0.2) is 0 Å². The molecule has 3 heteroatoms. The lowest BCUT2D eigenvalue weighted by molar-refractivity contribution is 0.553. The number of hydrogen-bond acceptors (Lipinski definition) is 3. The Bertz CT molecular complexity index is 37.9. The van der Waals surface area contributed by atoms with Crippen molar-refractivity contribution in [3.05, 3.63) is 0 Å². The third kappa shape index (κ3) is 3.72. The average Bonchev–Trinajstić information content (AvgIpc) is 1.68. The normalized spacial score (nSPS) is 14.1. The Morgan fingerprint density at radius 1 is 1.71 bits per heavy atom. The maximum Gasteiger partial charge on any atom is 0.0249 e. The highest BCUT2D eigenvalue weighted by Gasteiger charge is 1.90. The predicted octanol–water partition coefficient (Wildman–Crippen LogP) is -0.942. The van der Waals surface area contributed by atoms with Crippen LogP contribution in [0.25, 0.3) is 0 Å². The Balaban J connectivity index is 2.83. The molecule has 0 aliphatic rings. The van der Waals surface area contributed by atoms with Crippen molar-refractivity contribution in [2.45, 2.75) is 13.0 Å². The van der Waals surface area contributed by atoms with Crippen LogP contribution in [0, 0.1) is 0 Å². The van der Waals surface area contributed by atoms with Crippen molar-refractivity contribution in [1.29, 1.82) is 0 Å². The van der Waals surface area contributed by atoms with Crippen LogP contribution >= 0.6 is 0 Å². The van der Waals surface area contributed by atoms with Crippen molar-refractivity contribution in [1.82, 2.24) is 10.7 Å². The van der Waals surface area contributed by atoms with Gasteiger partial charge in [0, 0.05) is 12.6 Å². The molecule has 0 saturated heterocycles. The monoisotopic (exact) mass is 103 g/mol. The summed E-state index contributed by atoms with van der Waals surface area (Å²) in [5, 5.41) is 3.02. The van der Waals surface area contributed by atoms with Gasteiger partial charge in [-0.1, -0.05) is 0 Å². The Labute approximate surface area is 44.2 Å². The molecule has 0 aliphatic carbocycles. The second kappa shape index (κ2) is 4.05. The molecular weight excluding hydrogens is 90.1 g/mol. The van der Waals surface area contributed by atoms with E-state index >= 15 is 0 Å². The number of rotatable bonds is 3. The first-order valence-electron chi connectivity index (χ1n) is 2.42. The summed E-state index contributed by atoms with van der Waals surface area (Å²) >= 11 is 0. The molecule has 4 N–H and O–H groups in total. The first kappa shape index (κ1) is 6.88. The summed E-state index contributed by atoms with van der Waals surface area (Å²) in [5.41, 5.74) is 2.56. The maximum atomic E-state index is 5.02. The fraction of sp³-hybridized carbons (Fsp3) is 1.00. The van der Waals surface area contributed by atoms with Crippen molar-refractivity contribution >= 4 is 0 Å². The Hall–Kier alpha value is -0.120. The van der Waals surface area contributed by atoms with Gasteiger partial charge >= 0.3 is 0 Å². The topological polar surface area (TPSA) is 50.1 Å². The lowest BCUT2D eigenvalue weighted by Gasteiger charge is -2.06. The minimum absolute atomic E-state index is 0.463. The molecule has 0 fully saturated rings. The highest BCUT2D eigenvalue weighted by atomic mass is 15.2. The third-order valence-corrected chi connectivity index (χ3v) is 0.917.